The number of aryl methyl sites for hydroxylation is 2. The maximum atomic E-state index is 12.6. The van der Waals surface area contributed by atoms with E-state index in [1.807, 2.05) is 23.7 Å². The van der Waals surface area contributed by atoms with Gasteiger partial charge in [0.25, 0.3) is 0 Å². The van der Waals surface area contributed by atoms with Crippen LogP contribution in [-0.4, -0.2) is 66.8 Å². The Balaban J connectivity index is 1.40. The molecule has 0 radical (unpaired) electrons. The molecule has 0 bridgehead atoms. The first-order valence-corrected chi connectivity index (χ1v) is 12.6. The summed E-state index contributed by atoms with van der Waals surface area (Å²) in [5.74, 6) is 1.56. The predicted molar refractivity (Wildman–Crippen MR) is 125 cm³/mol. The van der Waals surface area contributed by atoms with E-state index in [4.69, 9.17) is 4.42 Å². The Labute approximate surface area is 194 Å². The number of nitrogens with one attached hydrogen (secondary N) is 1. The van der Waals surface area contributed by atoms with Crippen molar-refractivity contribution >= 4 is 27.0 Å². The fraction of sp³-hybridized carbons (Fsp3) is 0.478. The Morgan fingerprint density at radius 2 is 2.00 bits per heavy atom. The van der Waals surface area contributed by atoms with Gasteiger partial charge in [-0.3, -0.25) is 9.69 Å². The molecular weight excluding hydrogens is 442 g/mol. The van der Waals surface area contributed by atoms with Crippen LogP contribution in [0.3, 0.4) is 0 Å². The summed E-state index contributed by atoms with van der Waals surface area (Å²) in [6, 6.07) is 8.80. The number of carbonyl (C=O) groups is 1. The monoisotopic (exact) mass is 473 g/mol. The number of aromatic nitrogens is 2. The molecule has 9 nitrogen and oxygen atoms in total. The minimum atomic E-state index is -3.53. The fourth-order valence-corrected chi connectivity index (χ4v) is 5.21. The zero-order chi connectivity index (χ0) is 23.6. The van der Waals surface area contributed by atoms with Crippen molar-refractivity contribution in [2.45, 2.75) is 36.6 Å². The predicted octanol–water partition coefficient (Wildman–Crippen LogP) is 2.30. The molecule has 1 N–H and O–H groups in total. The highest BCUT2D eigenvalue weighted by Gasteiger charge is 2.26. The first-order valence-electron chi connectivity index (χ1n) is 11.2. The number of hydrogen-bond donors (Lipinski definition) is 1. The van der Waals surface area contributed by atoms with Gasteiger partial charge in [0.1, 0.15) is 11.6 Å². The van der Waals surface area contributed by atoms with Gasteiger partial charge in [-0.2, -0.15) is 0 Å². The molecule has 3 heterocycles. The average Bonchev–Trinajstić information content (AvgIpc) is 3.55. The minimum Gasteiger partial charge on any atom is -0.468 e. The van der Waals surface area contributed by atoms with Gasteiger partial charge >= 0.3 is 0 Å². The topological polar surface area (TPSA) is 101 Å². The van der Waals surface area contributed by atoms with E-state index in [1.165, 1.54) is 18.4 Å². The standard InChI is InChI=1S/C23H31N5O4S/c1-26(2)33(30,31)17-8-9-19-18(15-17)25-22(27(19)3)10-11-23(29)24-16-20(21-7-6-14-32-21)28-12-4-5-13-28/h6-9,14-15,20H,4-5,10-13,16H2,1-3H3,(H,24,29)/t20-/m1/s1. The SMILES string of the molecule is CN(C)S(=O)(=O)c1ccc2c(c1)nc(CCC(=O)NC[C@H](c1ccco1)N1CCCC1)n2C. The van der Waals surface area contributed by atoms with Crippen molar-refractivity contribution in [3.05, 3.63) is 48.2 Å². The van der Waals surface area contributed by atoms with Gasteiger partial charge in [0.2, 0.25) is 15.9 Å². The smallest absolute Gasteiger partial charge is 0.242 e. The van der Waals surface area contributed by atoms with E-state index < -0.39 is 10.0 Å². The number of benzene rings is 1. The molecule has 1 aromatic carbocycles. The van der Waals surface area contributed by atoms with Crippen LogP contribution in [0.25, 0.3) is 11.0 Å². The fourth-order valence-electron chi connectivity index (χ4n) is 4.29. The van der Waals surface area contributed by atoms with Gasteiger partial charge in [-0.1, -0.05) is 0 Å². The third-order valence-electron chi connectivity index (χ3n) is 6.24. The summed E-state index contributed by atoms with van der Waals surface area (Å²) in [6.45, 7) is 2.51. The maximum Gasteiger partial charge on any atom is 0.242 e. The summed E-state index contributed by atoms with van der Waals surface area (Å²) in [5, 5.41) is 3.05. The van der Waals surface area contributed by atoms with Crippen LogP contribution in [0.4, 0.5) is 0 Å². The van der Waals surface area contributed by atoms with Crippen LogP contribution in [-0.2, 0) is 28.3 Å². The maximum absolute atomic E-state index is 12.6. The van der Waals surface area contributed by atoms with Gasteiger partial charge in [-0.25, -0.2) is 17.7 Å². The second-order valence-electron chi connectivity index (χ2n) is 8.60. The highest BCUT2D eigenvalue weighted by atomic mass is 32.2. The molecular formula is C23H31N5O4S. The molecule has 1 atom stereocenters. The lowest BCUT2D eigenvalue weighted by atomic mass is 10.2. The Morgan fingerprint density at radius 3 is 2.67 bits per heavy atom. The third kappa shape index (κ3) is 4.97. The highest BCUT2D eigenvalue weighted by Crippen LogP contribution is 2.25. The van der Waals surface area contributed by atoms with Crippen LogP contribution in [0, 0.1) is 0 Å². The van der Waals surface area contributed by atoms with Gasteiger partial charge in [0.15, 0.2) is 0 Å². The lowest BCUT2D eigenvalue weighted by Gasteiger charge is -2.26. The van der Waals surface area contributed by atoms with Crippen molar-refractivity contribution in [1.82, 2.24) is 24.1 Å². The van der Waals surface area contributed by atoms with E-state index in [0.717, 1.165) is 43.0 Å². The molecule has 1 saturated heterocycles. The zero-order valence-corrected chi connectivity index (χ0v) is 20.1. The molecule has 0 aliphatic carbocycles. The molecule has 2 aromatic heterocycles. The molecule has 10 heteroatoms. The molecule has 0 unspecified atom stereocenters. The summed E-state index contributed by atoms with van der Waals surface area (Å²) in [5.41, 5.74) is 1.43. The van der Waals surface area contributed by atoms with E-state index in [1.54, 1.807) is 24.5 Å². The molecule has 1 aliphatic heterocycles. The van der Waals surface area contributed by atoms with Crippen LogP contribution < -0.4 is 5.32 Å². The van der Waals surface area contributed by atoms with E-state index in [9.17, 15) is 13.2 Å². The molecule has 0 saturated carbocycles. The number of amides is 1. The highest BCUT2D eigenvalue weighted by molar-refractivity contribution is 7.89. The Morgan fingerprint density at radius 1 is 1.24 bits per heavy atom. The zero-order valence-electron chi connectivity index (χ0n) is 19.3. The first kappa shape index (κ1) is 23.5. The Hall–Kier alpha value is -2.69. The van der Waals surface area contributed by atoms with Gasteiger partial charge < -0.3 is 14.3 Å². The number of nitrogens with zero attached hydrogens (tertiary/aromatic N) is 4. The Kier molecular flexibility index (Phi) is 6.87. The summed E-state index contributed by atoms with van der Waals surface area (Å²) in [4.78, 5) is 19.8. The summed E-state index contributed by atoms with van der Waals surface area (Å²) < 4.78 is 33.5. The summed E-state index contributed by atoms with van der Waals surface area (Å²) in [6.07, 6.45) is 4.75. The van der Waals surface area contributed by atoms with Gasteiger partial charge in [0, 0.05) is 40.5 Å². The second kappa shape index (κ2) is 9.66. The largest absolute Gasteiger partial charge is 0.468 e. The number of carbonyl (C=O) groups excluding carboxylic acids is 1. The van der Waals surface area contributed by atoms with Crippen molar-refractivity contribution in [3.8, 4) is 0 Å². The molecule has 1 fully saturated rings. The van der Waals surface area contributed by atoms with Crippen molar-refractivity contribution in [1.29, 1.82) is 0 Å². The third-order valence-corrected chi connectivity index (χ3v) is 8.06. The number of fused-ring (bicyclic) bond motifs is 1. The summed E-state index contributed by atoms with van der Waals surface area (Å²) in [7, 11) is 1.35. The lowest BCUT2D eigenvalue weighted by Crippen LogP contribution is -2.36. The van der Waals surface area contributed by atoms with Gasteiger partial charge in [-0.15, -0.1) is 0 Å². The summed E-state index contributed by atoms with van der Waals surface area (Å²) >= 11 is 0. The van der Waals surface area contributed by atoms with Crippen LogP contribution >= 0.6 is 0 Å². The van der Waals surface area contributed by atoms with E-state index in [0.29, 0.717) is 24.9 Å². The first-order chi connectivity index (χ1) is 15.8. The molecule has 1 amide bonds. The quantitative estimate of drug-likeness (QED) is 0.512. The lowest BCUT2D eigenvalue weighted by molar-refractivity contribution is -0.121. The van der Waals surface area contributed by atoms with E-state index in [2.05, 4.69) is 15.2 Å². The molecule has 3 aromatic rings. The molecule has 33 heavy (non-hydrogen) atoms. The van der Waals surface area contributed by atoms with Crippen molar-refractivity contribution < 1.29 is 17.6 Å². The molecule has 0 spiro atoms. The number of furan rings is 1. The van der Waals surface area contributed by atoms with Gasteiger partial charge in [0.05, 0.1) is 28.2 Å². The molecule has 178 valence electrons. The van der Waals surface area contributed by atoms with E-state index >= 15 is 0 Å². The van der Waals surface area contributed by atoms with Crippen LogP contribution in [0.1, 0.15) is 36.9 Å². The van der Waals surface area contributed by atoms with Gasteiger partial charge in [-0.05, 0) is 56.3 Å². The van der Waals surface area contributed by atoms with Crippen molar-refractivity contribution in [2.75, 3.05) is 33.7 Å². The van der Waals surface area contributed by atoms with Crippen molar-refractivity contribution in [2.24, 2.45) is 7.05 Å². The number of sulfonamides is 1. The van der Waals surface area contributed by atoms with Crippen LogP contribution in [0.2, 0.25) is 0 Å². The number of likely N-dealkylation sites (tertiary alicyclic amines) is 1. The molecule has 4 rings (SSSR count). The minimum absolute atomic E-state index is 0.0410. The Bertz CT molecular complexity index is 1210. The molecule has 1 aliphatic rings. The number of rotatable bonds is 9. The van der Waals surface area contributed by atoms with E-state index in [-0.39, 0.29) is 16.8 Å². The average molecular weight is 474 g/mol. The normalized spacial score (nSPS) is 16.0. The van der Waals surface area contributed by atoms with Crippen LogP contribution in [0.15, 0.2) is 45.9 Å². The van der Waals surface area contributed by atoms with Crippen LogP contribution in [0.5, 0.6) is 0 Å². The second-order valence-corrected chi connectivity index (χ2v) is 10.8. The number of imidazole rings is 1. The number of hydrogen-bond acceptors (Lipinski definition) is 6. The van der Waals surface area contributed by atoms with Crippen molar-refractivity contribution in [3.63, 3.8) is 0 Å².